The molecule has 1 aromatic carbocycles. The van der Waals surface area contributed by atoms with Crippen molar-refractivity contribution in [1.29, 1.82) is 0 Å². The van der Waals surface area contributed by atoms with Crippen molar-refractivity contribution >= 4 is 17.4 Å². The number of pyridine rings is 1. The molecule has 118 valence electrons. The average molecular weight is 310 g/mol. The molecule has 1 atom stereocenters. The van der Waals surface area contributed by atoms with Crippen molar-refractivity contribution in [2.75, 3.05) is 11.4 Å². The second kappa shape index (κ2) is 5.93. The lowest BCUT2D eigenvalue weighted by Crippen LogP contribution is -2.42. The Morgan fingerprint density at radius 3 is 2.65 bits per heavy atom. The van der Waals surface area contributed by atoms with Gasteiger partial charge in [-0.3, -0.25) is 14.6 Å². The summed E-state index contributed by atoms with van der Waals surface area (Å²) in [7, 11) is 0. The minimum absolute atomic E-state index is 0.250. The largest absolute Gasteiger partial charge is 0.375 e. The molecule has 1 aliphatic rings. The number of Topliss-reactive ketones (excluding diaryl/α,β-unsaturated/α-hetero) is 1. The van der Waals surface area contributed by atoms with E-state index in [1.54, 1.807) is 41.3 Å². The number of benzene rings is 1. The van der Waals surface area contributed by atoms with E-state index in [0.717, 1.165) is 6.42 Å². The number of carbonyl (C=O) groups excluding carboxylic acids is 2. The molecule has 1 aliphatic heterocycles. The van der Waals surface area contributed by atoms with Crippen molar-refractivity contribution in [3.8, 4) is 0 Å². The highest BCUT2D eigenvalue weighted by molar-refractivity contribution is 6.10. The number of nitrogens with zero attached hydrogens (tertiary/aromatic N) is 2. The molecule has 5 heteroatoms. The summed E-state index contributed by atoms with van der Waals surface area (Å²) in [6.07, 6.45) is 1.98. The van der Waals surface area contributed by atoms with Crippen LogP contribution in [0.4, 0.5) is 5.69 Å². The summed E-state index contributed by atoms with van der Waals surface area (Å²) in [5.74, 6) is -0.792. The number of anilines is 1. The quantitative estimate of drug-likeness (QED) is 0.860. The minimum Gasteiger partial charge on any atom is -0.375 e. The molecule has 1 N–H and O–H groups in total. The lowest BCUT2D eigenvalue weighted by molar-refractivity contribution is -0.135. The van der Waals surface area contributed by atoms with Crippen LogP contribution in [0.15, 0.2) is 48.7 Å². The Morgan fingerprint density at radius 2 is 1.96 bits per heavy atom. The van der Waals surface area contributed by atoms with Gasteiger partial charge in [0.25, 0.3) is 5.91 Å². The standard InChI is InChI=1S/C18H18N2O3/c1-2-11-20-15-9-4-3-7-13(15)18(23,17(20)22)12-16(21)14-8-5-6-10-19-14/h3-10,23H,2,11-12H2,1H3/t18-/m0/s1. The maximum absolute atomic E-state index is 12.7. The molecule has 2 heterocycles. The van der Waals surface area contributed by atoms with Crippen molar-refractivity contribution in [3.63, 3.8) is 0 Å². The highest BCUT2D eigenvalue weighted by Gasteiger charge is 2.50. The van der Waals surface area contributed by atoms with Crippen molar-refractivity contribution < 1.29 is 14.7 Å². The first kappa shape index (κ1) is 15.4. The van der Waals surface area contributed by atoms with Crippen LogP contribution in [0.1, 0.15) is 35.8 Å². The Labute approximate surface area is 134 Å². The molecule has 2 aromatic rings. The van der Waals surface area contributed by atoms with E-state index in [2.05, 4.69) is 4.98 Å². The fourth-order valence-electron chi connectivity index (χ4n) is 2.97. The second-order valence-corrected chi connectivity index (χ2v) is 5.65. The van der Waals surface area contributed by atoms with Gasteiger partial charge in [0.05, 0.1) is 12.1 Å². The van der Waals surface area contributed by atoms with Gasteiger partial charge in [0.15, 0.2) is 11.4 Å². The van der Waals surface area contributed by atoms with Crippen LogP contribution >= 0.6 is 0 Å². The molecule has 0 bridgehead atoms. The molecule has 3 rings (SSSR count). The van der Waals surface area contributed by atoms with Gasteiger partial charge in [0.1, 0.15) is 5.69 Å². The number of aromatic nitrogens is 1. The minimum atomic E-state index is -1.82. The first-order chi connectivity index (χ1) is 11.1. The van der Waals surface area contributed by atoms with E-state index in [1.807, 2.05) is 13.0 Å². The number of aliphatic hydroxyl groups is 1. The monoisotopic (exact) mass is 310 g/mol. The van der Waals surface area contributed by atoms with Gasteiger partial charge in [0.2, 0.25) is 0 Å². The molecule has 0 fully saturated rings. The van der Waals surface area contributed by atoms with Crippen molar-refractivity contribution in [1.82, 2.24) is 4.98 Å². The summed E-state index contributed by atoms with van der Waals surface area (Å²) < 4.78 is 0. The van der Waals surface area contributed by atoms with Gasteiger partial charge < -0.3 is 10.0 Å². The van der Waals surface area contributed by atoms with Crippen LogP contribution in [-0.4, -0.2) is 28.3 Å². The lowest BCUT2D eigenvalue weighted by atomic mass is 9.89. The van der Waals surface area contributed by atoms with Crippen LogP contribution in [0.2, 0.25) is 0 Å². The predicted octanol–water partition coefficient (Wildman–Crippen LogP) is 2.30. The highest BCUT2D eigenvalue weighted by atomic mass is 16.3. The van der Waals surface area contributed by atoms with E-state index in [9.17, 15) is 14.7 Å². The third-order valence-electron chi connectivity index (χ3n) is 4.05. The Balaban J connectivity index is 1.97. The maximum Gasteiger partial charge on any atom is 0.264 e. The van der Waals surface area contributed by atoms with Crippen molar-refractivity contribution in [3.05, 3.63) is 59.9 Å². The summed E-state index contributed by atoms with van der Waals surface area (Å²) in [5, 5.41) is 11.0. The zero-order valence-electron chi connectivity index (χ0n) is 12.9. The second-order valence-electron chi connectivity index (χ2n) is 5.65. The van der Waals surface area contributed by atoms with E-state index >= 15 is 0 Å². The molecule has 5 nitrogen and oxygen atoms in total. The Kier molecular flexibility index (Phi) is 3.96. The van der Waals surface area contributed by atoms with Gasteiger partial charge in [-0.2, -0.15) is 0 Å². The van der Waals surface area contributed by atoms with Gasteiger partial charge in [0, 0.05) is 18.3 Å². The van der Waals surface area contributed by atoms with Crippen LogP contribution in [0.25, 0.3) is 0 Å². The zero-order chi connectivity index (χ0) is 16.4. The molecule has 23 heavy (non-hydrogen) atoms. The molecule has 0 aliphatic carbocycles. The predicted molar refractivity (Wildman–Crippen MR) is 86.2 cm³/mol. The van der Waals surface area contributed by atoms with E-state index in [-0.39, 0.29) is 17.9 Å². The number of hydrogen-bond donors (Lipinski definition) is 1. The Morgan fingerprint density at radius 1 is 1.22 bits per heavy atom. The first-order valence-electron chi connectivity index (χ1n) is 7.66. The summed E-state index contributed by atoms with van der Waals surface area (Å²) in [4.78, 5) is 30.7. The molecule has 0 unspecified atom stereocenters. The van der Waals surface area contributed by atoms with Gasteiger partial charge in [-0.25, -0.2) is 0 Å². The van der Waals surface area contributed by atoms with Gasteiger partial charge in [-0.1, -0.05) is 31.2 Å². The molecule has 0 saturated carbocycles. The molecule has 0 radical (unpaired) electrons. The number of rotatable bonds is 5. The van der Waals surface area contributed by atoms with Gasteiger partial charge >= 0.3 is 0 Å². The summed E-state index contributed by atoms with van der Waals surface area (Å²) in [6.45, 7) is 2.47. The molecule has 1 aromatic heterocycles. The number of hydrogen-bond acceptors (Lipinski definition) is 4. The third kappa shape index (κ3) is 2.53. The fourth-order valence-corrected chi connectivity index (χ4v) is 2.97. The van der Waals surface area contributed by atoms with Crippen LogP contribution in [0.3, 0.4) is 0 Å². The number of carbonyl (C=O) groups is 2. The Hall–Kier alpha value is -2.53. The van der Waals surface area contributed by atoms with Crippen molar-refractivity contribution in [2.45, 2.75) is 25.4 Å². The number of para-hydroxylation sites is 1. The smallest absolute Gasteiger partial charge is 0.264 e. The van der Waals surface area contributed by atoms with E-state index in [0.29, 0.717) is 17.8 Å². The van der Waals surface area contributed by atoms with Crippen LogP contribution < -0.4 is 4.90 Å². The summed E-state index contributed by atoms with van der Waals surface area (Å²) in [6, 6.07) is 12.1. The average Bonchev–Trinajstić information content (AvgIpc) is 2.78. The molecule has 0 saturated heterocycles. The maximum atomic E-state index is 12.7. The molecular formula is C18H18N2O3. The molecule has 1 amide bonds. The van der Waals surface area contributed by atoms with Crippen LogP contribution in [0, 0.1) is 0 Å². The van der Waals surface area contributed by atoms with E-state index in [4.69, 9.17) is 0 Å². The zero-order valence-corrected chi connectivity index (χ0v) is 12.9. The number of fused-ring (bicyclic) bond motifs is 1. The Bertz CT molecular complexity index is 745. The summed E-state index contributed by atoms with van der Waals surface area (Å²) in [5.41, 5.74) is -0.404. The summed E-state index contributed by atoms with van der Waals surface area (Å²) >= 11 is 0. The van der Waals surface area contributed by atoms with Crippen LogP contribution in [-0.2, 0) is 10.4 Å². The molecular weight excluding hydrogens is 292 g/mol. The number of amides is 1. The number of ketones is 1. The van der Waals surface area contributed by atoms with Crippen molar-refractivity contribution in [2.24, 2.45) is 0 Å². The third-order valence-corrected chi connectivity index (χ3v) is 4.05. The first-order valence-corrected chi connectivity index (χ1v) is 7.66. The lowest BCUT2D eigenvalue weighted by Gasteiger charge is -2.22. The highest BCUT2D eigenvalue weighted by Crippen LogP contribution is 2.42. The van der Waals surface area contributed by atoms with Crippen LogP contribution in [0.5, 0.6) is 0 Å². The van der Waals surface area contributed by atoms with E-state index < -0.39 is 11.5 Å². The molecule has 0 spiro atoms. The van der Waals surface area contributed by atoms with Gasteiger partial charge in [-0.05, 0) is 24.6 Å². The fraction of sp³-hybridized carbons (Fsp3) is 0.278. The topological polar surface area (TPSA) is 70.5 Å². The van der Waals surface area contributed by atoms with Gasteiger partial charge in [-0.15, -0.1) is 0 Å². The normalized spacial score (nSPS) is 19.7. The SMILES string of the molecule is CCCN1C(=O)[C@](O)(CC(=O)c2ccccn2)c2ccccc21. The van der Waals surface area contributed by atoms with E-state index in [1.165, 1.54) is 6.20 Å².